The maximum Gasteiger partial charge on any atom is 0.263 e. The number of ether oxygens (including phenoxy) is 2. The van der Waals surface area contributed by atoms with Crippen molar-refractivity contribution >= 4 is 27.3 Å². The summed E-state index contributed by atoms with van der Waals surface area (Å²) in [5, 5.41) is 0.532. The van der Waals surface area contributed by atoms with Gasteiger partial charge in [0.1, 0.15) is 0 Å². The van der Waals surface area contributed by atoms with Crippen LogP contribution in [-0.2, 0) is 21.2 Å². The van der Waals surface area contributed by atoms with Crippen molar-refractivity contribution in [2.24, 2.45) is 0 Å². The molecule has 2 unspecified atom stereocenters. The second kappa shape index (κ2) is 9.05. The Bertz CT molecular complexity index is 979. The fourth-order valence-corrected chi connectivity index (χ4v) is 5.34. The van der Waals surface area contributed by atoms with Gasteiger partial charge in [-0.05, 0) is 37.1 Å². The molecule has 0 saturated carbocycles. The molecule has 2 aromatic carbocycles. The van der Waals surface area contributed by atoms with Crippen molar-refractivity contribution in [3.63, 3.8) is 0 Å². The molecule has 1 fully saturated rings. The van der Waals surface area contributed by atoms with Gasteiger partial charge in [0.15, 0.2) is 27.4 Å². The highest BCUT2D eigenvalue weighted by atomic mass is 35.5. The lowest BCUT2D eigenvalue weighted by Crippen LogP contribution is -2.46. The molecule has 29 heavy (non-hydrogen) atoms. The zero-order valence-electron chi connectivity index (χ0n) is 16.4. The molecule has 6 nitrogen and oxygen atoms in total. The van der Waals surface area contributed by atoms with Gasteiger partial charge in [-0.2, -0.15) is 0 Å². The van der Waals surface area contributed by atoms with Crippen molar-refractivity contribution in [3.8, 4) is 11.5 Å². The summed E-state index contributed by atoms with van der Waals surface area (Å²) in [5.74, 6) is 0.704. The molecule has 0 aromatic heterocycles. The Hall–Kier alpha value is -2.25. The Morgan fingerprint density at radius 1 is 1.17 bits per heavy atom. The number of hydrogen-bond acceptors (Lipinski definition) is 5. The van der Waals surface area contributed by atoms with E-state index < -0.39 is 22.0 Å². The molecule has 0 bridgehead atoms. The molecule has 1 aliphatic rings. The number of carbonyl (C=O) groups is 1. The van der Waals surface area contributed by atoms with E-state index in [1.165, 1.54) is 7.11 Å². The monoisotopic (exact) mass is 437 g/mol. The number of carbonyl (C=O) groups excluding carboxylic acids is 1. The van der Waals surface area contributed by atoms with E-state index >= 15 is 0 Å². The summed E-state index contributed by atoms with van der Waals surface area (Å²) < 4.78 is 35.2. The highest BCUT2D eigenvalue weighted by Crippen LogP contribution is 2.29. The molecule has 0 spiro atoms. The van der Waals surface area contributed by atoms with E-state index in [1.54, 1.807) is 36.1 Å². The third-order valence-electron chi connectivity index (χ3n) is 4.95. The molecular formula is C21H24ClNO5S. The van der Waals surface area contributed by atoms with Gasteiger partial charge in [0.25, 0.3) is 5.91 Å². The Morgan fingerprint density at radius 3 is 2.45 bits per heavy atom. The molecule has 156 valence electrons. The van der Waals surface area contributed by atoms with Gasteiger partial charge >= 0.3 is 0 Å². The standard InChI is InChI=1S/C21H24ClNO5S/c1-15(28-20-10-6-5-9-19(20)27-2)21(24)23(17-11-12-29(25,26)14-17)13-16-7-3-4-8-18(16)22/h3-10,15,17H,11-14H2,1-2H3. The number of sulfone groups is 1. The maximum absolute atomic E-state index is 13.3. The van der Waals surface area contributed by atoms with Gasteiger partial charge in [-0.1, -0.05) is 41.9 Å². The van der Waals surface area contributed by atoms with E-state index in [0.717, 1.165) is 5.56 Å². The van der Waals surface area contributed by atoms with Gasteiger partial charge in [0.05, 0.1) is 18.6 Å². The molecule has 2 atom stereocenters. The van der Waals surface area contributed by atoms with Crippen molar-refractivity contribution in [1.82, 2.24) is 4.90 Å². The minimum absolute atomic E-state index is 0.0510. The minimum atomic E-state index is -3.16. The summed E-state index contributed by atoms with van der Waals surface area (Å²) in [6, 6.07) is 13.9. The first-order valence-electron chi connectivity index (χ1n) is 9.34. The van der Waals surface area contributed by atoms with Crippen LogP contribution in [-0.4, -0.2) is 50.0 Å². The predicted molar refractivity (Wildman–Crippen MR) is 112 cm³/mol. The van der Waals surface area contributed by atoms with Crippen LogP contribution in [0.3, 0.4) is 0 Å². The molecule has 1 aliphatic heterocycles. The van der Waals surface area contributed by atoms with Gasteiger partial charge < -0.3 is 14.4 Å². The van der Waals surface area contributed by atoms with E-state index in [0.29, 0.717) is 22.9 Å². The molecule has 2 aromatic rings. The van der Waals surface area contributed by atoms with Crippen molar-refractivity contribution in [1.29, 1.82) is 0 Å². The summed E-state index contributed by atoms with van der Waals surface area (Å²) in [4.78, 5) is 14.9. The number of methoxy groups -OCH3 is 1. The number of para-hydroxylation sites is 2. The van der Waals surface area contributed by atoms with Crippen molar-refractivity contribution in [2.45, 2.75) is 32.0 Å². The fraction of sp³-hybridized carbons (Fsp3) is 0.381. The van der Waals surface area contributed by atoms with Crippen LogP contribution in [0, 0.1) is 0 Å². The molecule has 1 amide bonds. The predicted octanol–water partition coefficient (Wildman–Crippen LogP) is 3.33. The Balaban J connectivity index is 1.84. The van der Waals surface area contributed by atoms with Crippen LogP contribution in [0.1, 0.15) is 18.9 Å². The number of hydrogen-bond donors (Lipinski definition) is 0. The lowest BCUT2D eigenvalue weighted by molar-refractivity contribution is -0.140. The summed E-state index contributed by atoms with van der Waals surface area (Å²) in [6.07, 6.45) is -0.419. The lowest BCUT2D eigenvalue weighted by atomic mass is 10.1. The Kier molecular flexibility index (Phi) is 6.70. The fourth-order valence-electron chi connectivity index (χ4n) is 3.41. The zero-order chi connectivity index (χ0) is 21.0. The van der Waals surface area contributed by atoms with Crippen molar-refractivity contribution in [2.75, 3.05) is 18.6 Å². The van der Waals surface area contributed by atoms with Crippen LogP contribution in [0.5, 0.6) is 11.5 Å². The first-order valence-corrected chi connectivity index (χ1v) is 11.5. The van der Waals surface area contributed by atoms with E-state index in [9.17, 15) is 13.2 Å². The number of halogens is 1. The summed E-state index contributed by atoms with van der Waals surface area (Å²) in [6.45, 7) is 1.87. The smallest absolute Gasteiger partial charge is 0.263 e. The average molecular weight is 438 g/mol. The molecule has 1 heterocycles. The third-order valence-corrected chi connectivity index (χ3v) is 7.07. The SMILES string of the molecule is COc1ccccc1OC(C)C(=O)N(Cc1ccccc1Cl)C1CCS(=O)(=O)C1. The molecule has 0 aliphatic carbocycles. The first kappa shape index (κ1) is 21.5. The summed E-state index contributed by atoms with van der Waals surface area (Å²) >= 11 is 6.28. The topological polar surface area (TPSA) is 72.9 Å². The summed E-state index contributed by atoms with van der Waals surface area (Å²) in [7, 11) is -1.63. The number of amides is 1. The molecule has 8 heteroatoms. The molecular weight excluding hydrogens is 414 g/mol. The highest BCUT2D eigenvalue weighted by Gasteiger charge is 2.37. The summed E-state index contributed by atoms with van der Waals surface area (Å²) in [5.41, 5.74) is 0.760. The van der Waals surface area contributed by atoms with Crippen LogP contribution >= 0.6 is 11.6 Å². The van der Waals surface area contributed by atoms with E-state index in [4.69, 9.17) is 21.1 Å². The highest BCUT2D eigenvalue weighted by molar-refractivity contribution is 7.91. The second-order valence-electron chi connectivity index (χ2n) is 7.03. The van der Waals surface area contributed by atoms with E-state index in [1.807, 2.05) is 24.3 Å². The van der Waals surface area contributed by atoms with Crippen LogP contribution < -0.4 is 9.47 Å². The van der Waals surface area contributed by atoms with Gasteiger partial charge in [-0.15, -0.1) is 0 Å². The lowest BCUT2D eigenvalue weighted by Gasteiger charge is -2.31. The van der Waals surface area contributed by atoms with E-state index in [-0.39, 0.29) is 24.0 Å². The van der Waals surface area contributed by atoms with Crippen LogP contribution in [0.25, 0.3) is 0 Å². The molecule has 1 saturated heterocycles. The van der Waals surface area contributed by atoms with Crippen LogP contribution in [0.4, 0.5) is 0 Å². The Labute approximate surface area is 176 Å². The maximum atomic E-state index is 13.3. The van der Waals surface area contributed by atoms with Crippen LogP contribution in [0.2, 0.25) is 5.02 Å². The van der Waals surface area contributed by atoms with Gasteiger partial charge in [-0.25, -0.2) is 8.42 Å². The van der Waals surface area contributed by atoms with E-state index in [2.05, 4.69) is 0 Å². The molecule has 3 rings (SSSR count). The largest absolute Gasteiger partial charge is 0.493 e. The number of nitrogens with zero attached hydrogens (tertiary/aromatic N) is 1. The van der Waals surface area contributed by atoms with Crippen LogP contribution in [0.15, 0.2) is 48.5 Å². The Morgan fingerprint density at radius 2 is 1.83 bits per heavy atom. The zero-order valence-corrected chi connectivity index (χ0v) is 17.9. The third kappa shape index (κ3) is 5.22. The minimum Gasteiger partial charge on any atom is -0.493 e. The van der Waals surface area contributed by atoms with Gasteiger partial charge in [0.2, 0.25) is 0 Å². The second-order valence-corrected chi connectivity index (χ2v) is 9.66. The quantitative estimate of drug-likeness (QED) is 0.664. The normalized spacial score (nSPS) is 18.8. The van der Waals surface area contributed by atoms with Gasteiger partial charge in [0, 0.05) is 17.6 Å². The number of benzene rings is 2. The average Bonchev–Trinajstić information content (AvgIpc) is 3.06. The molecule has 0 radical (unpaired) electrons. The van der Waals surface area contributed by atoms with Crippen molar-refractivity contribution in [3.05, 3.63) is 59.1 Å². The van der Waals surface area contributed by atoms with Crippen molar-refractivity contribution < 1.29 is 22.7 Å². The number of rotatable bonds is 7. The van der Waals surface area contributed by atoms with Gasteiger partial charge in [-0.3, -0.25) is 4.79 Å². The first-order chi connectivity index (χ1) is 13.8. The molecule has 0 N–H and O–H groups in total.